The topological polar surface area (TPSA) is 237 Å². The highest BCUT2D eigenvalue weighted by Crippen LogP contribution is 2.45. The molecule has 0 aliphatic rings. The molecular formula is C80H156O17P2. The van der Waals surface area contributed by atoms with Gasteiger partial charge in [0.05, 0.1) is 26.4 Å². The summed E-state index contributed by atoms with van der Waals surface area (Å²) in [6.07, 6.45) is 55.4. The van der Waals surface area contributed by atoms with Crippen LogP contribution >= 0.6 is 15.6 Å². The van der Waals surface area contributed by atoms with Crippen molar-refractivity contribution in [3.63, 3.8) is 0 Å². The van der Waals surface area contributed by atoms with Gasteiger partial charge in [0.25, 0.3) is 0 Å². The van der Waals surface area contributed by atoms with E-state index in [4.69, 9.17) is 37.0 Å². The summed E-state index contributed by atoms with van der Waals surface area (Å²) in [5.74, 6) is 1.06. The Morgan fingerprint density at radius 3 is 0.717 bits per heavy atom. The van der Waals surface area contributed by atoms with E-state index in [1.165, 1.54) is 205 Å². The van der Waals surface area contributed by atoms with Crippen molar-refractivity contribution in [3.05, 3.63) is 0 Å². The quantitative estimate of drug-likeness (QED) is 0.0222. The van der Waals surface area contributed by atoms with Crippen LogP contribution in [0, 0.1) is 23.7 Å². The van der Waals surface area contributed by atoms with Gasteiger partial charge < -0.3 is 33.8 Å². The first kappa shape index (κ1) is 97.1. The van der Waals surface area contributed by atoms with Gasteiger partial charge in [-0.15, -0.1) is 0 Å². The van der Waals surface area contributed by atoms with Gasteiger partial charge in [0.1, 0.15) is 19.3 Å². The Balaban J connectivity index is 5.25. The predicted molar refractivity (Wildman–Crippen MR) is 404 cm³/mol. The summed E-state index contributed by atoms with van der Waals surface area (Å²) in [5, 5.41) is 10.6. The van der Waals surface area contributed by atoms with Crippen LogP contribution in [0.1, 0.15) is 409 Å². The largest absolute Gasteiger partial charge is 0.472 e. The zero-order chi connectivity index (χ0) is 73.1. The molecule has 588 valence electrons. The average molecular weight is 1450 g/mol. The van der Waals surface area contributed by atoms with Crippen molar-refractivity contribution in [3.8, 4) is 0 Å². The number of aliphatic hydroxyl groups excluding tert-OH is 1. The minimum Gasteiger partial charge on any atom is -0.462 e. The summed E-state index contributed by atoms with van der Waals surface area (Å²) in [6.45, 7) is 14.3. The molecule has 0 saturated carbocycles. The van der Waals surface area contributed by atoms with Crippen molar-refractivity contribution in [2.75, 3.05) is 39.6 Å². The lowest BCUT2D eigenvalue weighted by molar-refractivity contribution is -0.161. The van der Waals surface area contributed by atoms with Crippen LogP contribution in [0.25, 0.3) is 0 Å². The summed E-state index contributed by atoms with van der Waals surface area (Å²) in [7, 11) is -9.92. The van der Waals surface area contributed by atoms with E-state index in [1.807, 2.05) is 0 Å². The highest BCUT2D eigenvalue weighted by Gasteiger charge is 2.30. The number of aliphatic hydroxyl groups is 1. The monoisotopic (exact) mass is 1450 g/mol. The molecule has 0 amide bonds. The minimum absolute atomic E-state index is 0.105. The zero-order valence-electron chi connectivity index (χ0n) is 65.1. The highest BCUT2D eigenvalue weighted by atomic mass is 31.2. The molecule has 3 N–H and O–H groups in total. The summed E-state index contributed by atoms with van der Waals surface area (Å²) < 4.78 is 68.7. The second kappa shape index (κ2) is 69.1. The van der Waals surface area contributed by atoms with E-state index in [0.717, 1.165) is 120 Å². The lowest BCUT2D eigenvalue weighted by atomic mass is 9.99. The van der Waals surface area contributed by atoms with Crippen molar-refractivity contribution in [2.24, 2.45) is 23.7 Å². The summed E-state index contributed by atoms with van der Waals surface area (Å²) in [5.41, 5.74) is 0. The van der Waals surface area contributed by atoms with E-state index >= 15 is 0 Å². The molecule has 0 aliphatic heterocycles. The van der Waals surface area contributed by atoms with Crippen LogP contribution in [-0.4, -0.2) is 96.7 Å². The molecule has 0 aromatic heterocycles. The van der Waals surface area contributed by atoms with Gasteiger partial charge in [-0.2, -0.15) is 0 Å². The maximum absolute atomic E-state index is 13.1. The van der Waals surface area contributed by atoms with Crippen molar-refractivity contribution < 1.29 is 80.2 Å². The van der Waals surface area contributed by atoms with Gasteiger partial charge >= 0.3 is 39.5 Å². The third-order valence-corrected chi connectivity index (χ3v) is 21.6. The SMILES string of the molecule is CCC(C)CCCCCCCCCCCCCCCCC(=O)OC[C@H](COP(=O)(O)OC[C@@H](O)COP(=O)(O)OC[C@@H](COC(=O)CCCCCCCCC(C)CC)OC(=O)CCCCCCCCCCCCC(C)C)OC(=O)CCCCCCCCCCCCCCCCC(C)CC. The number of carbonyl (C=O) groups excluding carboxylic acids is 4. The number of hydrogen-bond donors (Lipinski definition) is 3. The molecule has 0 aromatic rings. The number of rotatable bonds is 77. The molecule has 0 fully saturated rings. The van der Waals surface area contributed by atoms with Crippen LogP contribution in [-0.2, 0) is 65.4 Å². The molecule has 99 heavy (non-hydrogen) atoms. The summed E-state index contributed by atoms with van der Waals surface area (Å²) in [6, 6.07) is 0. The number of ether oxygens (including phenoxy) is 4. The first-order valence-corrected chi connectivity index (χ1v) is 44.3. The van der Waals surface area contributed by atoms with E-state index in [0.29, 0.717) is 25.7 Å². The molecular weight excluding hydrogens is 1290 g/mol. The van der Waals surface area contributed by atoms with Crippen LogP contribution in [0.15, 0.2) is 0 Å². The van der Waals surface area contributed by atoms with E-state index in [-0.39, 0.29) is 25.7 Å². The molecule has 0 bridgehead atoms. The van der Waals surface area contributed by atoms with Crippen LogP contribution in [0.4, 0.5) is 0 Å². The Bertz CT molecular complexity index is 1940. The minimum atomic E-state index is -4.96. The molecule has 17 nitrogen and oxygen atoms in total. The first-order valence-electron chi connectivity index (χ1n) is 41.3. The summed E-state index contributed by atoms with van der Waals surface area (Å²) in [4.78, 5) is 73.0. The van der Waals surface area contributed by atoms with E-state index < -0.39 is 97.5 Å². The van der Waals surface area contributed by atoms with Gasteiger partial charge in [0, 0.05) is 25.7 Å². The molecule has 0 rings (SSSR count). The standard InChI is InChI=1S/C80H156O17P2/c1-9-71(6)57-49-41-33-27-20-16-12-14-18-22-29-35-44-52-60-77(82)90-66-75(96-79(84)62-54-46-36-30-23-19-15-13-17-21-28-34-42-50-58-72(7)10-2)68-94-98(86,87)92-64-74(81)65-93-99(88,89)95-69-76(67-91-78(83)61-53-45-39-38-43-51-59-73(8)11-3)97-80(85)63-55-47-37-31-25-24-26-32-40-48-56-70(4)5/h70-76,81H,9-69H2,1-8H3,(H,86,87)(H,88,89)/t71?,72?,73?,74-,75-,76-/m1/s1. The Labute approximate surface area is 607 Å². The van der Waals surface area contributed by atoms with Crippen LogP contribution in [0.2, 0.25) is 0 Å². The van der Waals surface area contributed by atoms with Crippen LogP contribution < -0.4 is 0 Å². The van der Waals surface area contributed by atoms with Crippen LogP contribution in [0.3, 0.4) is 0 Å². The lowest BCUT2D eigenvalue weighted by Gasteiger charge is -2.21. The predicted octanol–water partition coefficient (Wildman–Crippen LogP) is 23.6. The Morgan fingerprint density at radius 1 is 0.283 bits per heavy atom. The number of unbranched alkanes of at least 4 members (excludes halogenated alkanes) is 40. The second-order valence-corrected chi connectivity index (χ2v) is 32.9. The van der Waals surface area contributed by atoms with Crippen molar-refractivity contribution in [1.82, 2.24) is 0 Å². The van der Waals surface area contributed by atoms with Crippen molar-refractivity contribution in [2.45, 2.75) is 427 Å². The first-order chi connectivity index (χ1) is 47.7. The Hall–Kier alpha value is -1.94. The lowest BCUT2D eigenvalue weighted by Crippen LogP contribution is -2.30. The van der Waals surface area contributed by atoms with Gasteiger partial charge in [-0.05, 0) is 49.4 Å². The number of phosphoric acid groups is 2. The third-order valence-electron chi connectivity index (χ3n) is 19.7. The van der Waals surface area contributed by atoms with Gasteiger partial charge in [-0.1, -0.05) is 357 Å². The number of carbonyl (C=O) groups is 4. The van der Waals surface area contributed by atoms with Crippen molar-refractivity contribution >= 4 is 39.5 Å². The van der Waals surface area contributed by atoms with E-state index in [1.54, 1.807) is 0 Å². The van der Waals surface area contributed by atoms with Gasteiger partial charge in [0.2, 0.25) is 0 Å². The Morgan fingerprint density at radius 2 is 0.485 bits per heavy atom. The fourth-order valence-corrected chi connectivity index (χ4v) is 13.7. The molecule has 8 atom stereocenters. The van der Waals surface area contributed by atoms with Crippen LogP contribution in [0.5, 0.6) is 0 Å². The zero-order valence-corrected chi connectivity index (χ0v) is 66.9. The number of hydrogen-bond acceptors (Lipinski definition) is 15. The third kappa shape index (κ3) is 70.2. The summed E-state index contributed by atoms with van der Waals surface area (Å²) >= 11 is 0. The van der Waals surface area contributed by atoms with Crippen molar-refractivity contribution in [1.29, 1.82) is 0 Å². The fourth-order valence-electron chi connectivity index (χ4n) is 12.2. The van der Waals surface area contributed by atoms with Gasteiger partial charge in [-0.3, -0.25) is 37.3 Å². The normalized spacial score (nSPS) is 14.9. The maximum atomic E-state index is 13.1. The van der Waals surface area contributed by atoms with E-state index in [9.17, 15) is 43.2 Å². The number of phosphoric ester groups is 2. The molecule has 0 heterocycles. The van der Waals surface area contributed by atoms with Gasteiger partial charge in [0.15, 0.2) is 12.2 Å². The smallest absolute Gasteiger partial charge is 0.462 e. The molecule has 19 heteroatoms. The average Bonchev–Trinajstić information content (AvgIpc) is 1.07. The molecule has 0 aliphatic carbocycles. The highest BCUT2D eigenvalue weighted by molar-refractivity contribution is 7.47. The number of esters is 4. The fraction of sp³-hybridized carbons (Fsp3) is 0.950. The van der Waals surface area contributed by atoms with Gasteiger partial charge in [-0.25, -0.2) is 9.13 Å². The molecule has 0 radical (unpaired) electrons. The molecule has 0 aromatic carbocycles. The molecule has 0 spiro atoms. The maximum Gasteiger partial charge on any atom is 0.472 e. The Kier molecular flexibility index (Phi) is 67.8. The van der Waals surface area contributed by atoms with E-state index in [2.05, 4.69) is 55.4 Å². The second-order valence-electron chi connectivity index (χ2n) is 30.0. The molecule has 5 unspecified atom stereocenters. The molecule has 0 saturated heterocycles.